The zero-order chi connectivity index (χ0) is 104. The number of nitrogens with two attached hydrogens (primary N) is 8. The van der Waals surface area contributed by atoms with Gasteiger partial charge in [0, 0.05) is 50.7 Å². The smallest absolute Gasteiger partial charge is 0.326 e. The molecule has 0 radical (unpaired) electrons. The number of guanidine groups is 5. The van der Waals surface area contributed by atoms with Gasteiger partial charge in [0.1, 0.15) is 90.6 Å². The van der Waals surface area contributed by atoms with Crippen molar-refractivity contribution in [3.8, 4) is 0 Å². The Morgan fingerprint density at radius 2 is 0.672 bits per heavy atom. The lowest BCUT2D eigenvalue weighted by Gasteiger charge is -2.30. The second-order valence-electron chi connectivity index (χ2n) is 33.0. The average molecular weight is 1990 g/mol. The Kier molecular flexibility index (Phi) is 58.3. The Morgan fingerprint density at radius 3 is 1.00 bits per heavy atom. The molecule has 1 saturated heterocycles. The number of rotatable bonds is 69. The van der Waals surface area contributed by atoms with Crippen LogP contribution in [-0.2, 0) is 91.1 Å². The first-order chi connectivity index (χ1) is 64.4. The van der Waals surface area contributed by atoms with Crippen molar-refractivity contribution in [2.45, 2.75) is 279 Å². The average Bonchev–Trinajstić information content (AvgIpc) is 1.35. The molecule has 1 fully saturated rings. The lowest BCUT2D eigenvalue weighted by molar-refractivity contribution is -0.147. The van der Waals surface area contributed by atoms with Gasteiger partial charge in [-0.3, -0.25) is 113 Å². The fraction of sp³-hybridized carbons (Fsp3) is 0.696. The third-order valence-electron chi connectivity index (χ3n) is 21.0. The molecule has 1 aliphatic heterocycles. The number of primary amides is 2. The molecule has 58 heteroatoms. The van der Waals surface area contributed by atoms with E-state index in [1.165, 1.54) is 6.92 Å². The highest BCUT2D eigenvalue weighted by Crippen LogP contribution is 2.17. The van der Waals surface area contributed by atoms with Crippen LogP contribution in [0.1, 0.15) is 176 Å². The van der Waals surface area contributed by atoms with Crippen LogP contribution in [0.3, 0.4) is 0 Å². The van der Waals surface area contributed by atoms with Gasteiger partial charge in [0.25, 0.3) is 0 Å². The van der Waals surface area contributed by atoms with Gasteiger partial charge in [0.15, 0.2) is 29.8 Å². The number of nitrogens with one attached hydrogen (secondary N) is 26. The normalized spacial score (nSPS) is 15.8. The maximum absolute atomic E-state index is 15.0. The number of carboxylic acids is 2. The summed E-state index contributed by atoms with van der Waals surface area (Å²) in [6.07, 6.45) is -5.26. The highest BCUT2D eigenvalue weighted by atomic mass is 32.1. The second-order valence-corrected chi connectivity index (χ2v) is 33.7. The molecule has 1 rings (SSSR count). The number of aliphatic carboxylic acids is 2. The summed E-state index contributed by atoms with van der Waals surface area (Å²) in [6, 6.07) is -25.5. The predicted octanol–water partition coefficient (Wildman–Crippen LogP) is -12.5. The molecule has 774 valence electrons. The van der Waals surface area contributed by atoms with Gasteiger partial charge < -0.3 is 173 Å². The number of unbranched alkanes of at least 4 members (excludes halogenated alkanes) is 1. The minimum absolute atomic E-state index is 0.00339. The number of hydrogen-bond acceptors (Lipinski definition) is 29. The third kappa shape index (κ3) is 50.3. The number of carboxylic acid groups (broad SMARTS) is 2. The van der Waals surface area contributed by atoms with Crippen LogP contribution in [0.25, 0.3) is 0 Å². The summed E-state index contributed by atoms with van der Waals surface area (Å²) in [5, 5.41) is 121. The Bertz CT molecular complexity index is 4120. The molecule has 17 amide bonds. The van der Waals surface area contributed by atoms with Gasteiger partial charge in [-0.25, -0.2) is 4.79 Å². The van der Waals surface area contributed by atoms with Gasteiger partial charge in [0.2, 0.25) is 100 Å². The van der Waals surface area contributed by atoms with Crippen molar-refractivity contribution in [3.05, 3.63) is 0 Å². The number of aliphatic hydroxyl groups excluding tert-OH is 1. The van der Waals surface area contributed by atoms with Crippen molar-refractivity contribution >= 4 is 167 Å². The minimum atomic E-state index is -1.99. The first-order valence-electron chi connectivity index (χ1n) is 44.7. The fourth-order valence-electron chi connectivity index (χ4n) is 13.4. The van der Waals surface area contributed by atoms with E-state index in [2.05, 4.69) is 137 Å². The molecule has 0 aromatic rings. The molecule has 0 saturated carbocycles. The van der Waals surface area contributed by atoms with Crippen molar-refractivity contribution in [3.63, 3.8) is 0 Å². The summed E-state index contributed by atoms with van der Waals surface area (Å²) in [5.74, 6) is -25.6. The maximum Gasteiger partial charge on any atom is 0.326 e. The lowest BCUT2D eigenvalue weighted by atomic mass is 9.96. The molecule has 0 bridgehead atoms. The first kappa shape index (κ1) is 122. The van der Waals surface area contributed by atoms with E-state index in [4.69, 9.17) is 72.9 Å². The topological polar surface area (TPSA) is 965 Å². The van der Waals surface area contributed by atoms with Crippen LogP contribution in [-0.4, -0.2) is 318 Å². The number of thiol groups is 2. The molecule has 1 heterocycles. The summed E-state index contributed by atoms with van der Waals surface area (Å²) in [4.78, 5) is 263. The highest BCUT2D eigenvalue weighted by Gasteiger charge is 2.41. The summed E-state index contributed by atoms with van der Waals surface area (Å²) < 4.78 is 0. The second kappa shape index (κ2) is 65.5. The molecule has 45 N–H and O–H groups in total. The van der Waals surface area contributed by atoms with Gasteiger partial charge in [0.05, 0.1) is 25.0 Å². The van der Waals surface area contributed by atoms with Gasteiger partial charge in [-0.05, 0) is 148 Å². The van der Waals surface area contributed by atoms with E-state index in [-0.39, 0.29) is 141 Å². The number of hydrogen-bond donors (Lipinski definition) is 39. The fourth-order valence-corrected chi connectivity index (χ4v) is 13.9. The van der Waals surface area contributed by atoms with E-state index in [1.54, 1.807) is 27.7 Å². The Labute approximate surface area is 803 Å². The number of amides is 17. The van der Waals surface area contributed by atoms with E-state index < -0.39 is 288 Å². The summed E-state index contributed by atoms with van der Waals surface area (Å²) in [6.45, 7) is 9.31. The predicted molar refractivity (Wildman–Crippen MR) is 505 cm³/mol. The first-order valence-corrected chi connectivity index (χ1v) is 46.0. The van der Waals surface area contributed by atoms with Crippen LogP contribution in [0.15, 0.2) is 0 Å². The molecule has 0 aromatic carbocycles. The van der Waals surface area contributed by atoms with E-state index in [9.17, 15) is 106 Å². The SMILES string of the molecule is CC[C@H](C)[C@H](NC(=O)[C@H](CCCNC(=N)N)NC(=O)[C@H](CC(N)=O)NC(=O)[C@H](CCCCN)NC(=O)[C@H](CCCNC(=N)N)NC(=O)[C@H](CCC(N)=O)NC(=O)[C@@H](NC(=O)[C@H](CS)NC(=O)[C@H](C)NC(=O)[C@@H]1CCCN1)[C@@H](C)O)C(=O)N[C@@H](CCCNC(=N)N)C(=O)N[C@@H](CC(C)C)C(=O)N[C@@H](CS)C(=O)N[C@@H](CCCNC(=N)N)C(=O)N[C@@H](CCCNC(=N)N)C(=O)N[C@@H](CC(=O)O)C(=O)O. The standard InChI is InChI=1S/C79H144N34O22S2/c1-7-38(4)57(72(132)105-46(21-14-30-97-78(89)90)64(124)107-49(32-37(2)3)68(128)111-52(35-136)70(130)104-44(19-12-28-95-76(85)86)62(122)101-45(20-13-29-96-77(87)88)65(125)109-51(74(134)135)34-56(117)118)112-67(127)47(22-15-31-98-79(91)92)103-69(129)50(33-55(82)116)108-63(123)42(16-8-9-25-80)100-61(121)43(18-11-27-94-75(83)84)102-66(126)48(23-24-54(81)115)106-73(133)58(40(6)114)113-71(131)53(36-137)110-59(119)39(5)99-60(120)41-17-10-26-93-41/h37-53,57-58,93,114,136-137H,7-36,80H2,1-6H3,(H2,81,115)(H2,82,116)(H,99,120)(H,100,121)(H,101,122)(H,102,126)(H,103,129)(H,104,130)(H,105,132)(H,106,133)(H,107,124)(H,108,123)(H,109,125)(H,110,119)(H,111,128)(H,112,127)(H,113,131)(H,117,118)(H,134,135)(H4,83,84,94)(H4,85,86,95)(H4,87,88,96)(H4,89,90,97)(H4,91,92,98)/t38-,39-,40+,41-,42-,43-,44-,45-,46-,47-,48-,49-,50-,51-,52-,53-,57-,58-/m0/s1. The Morgan fingerprint density at radius 1 is 0.365 bits per heavy atom. The van der Waals surface area contributed by atoms with Crippen molar-refractivity contribution in [1.29, 1.82) is 27.0 Å². The third-order valence-corrected chi connectivity index (χ3v) is 21.7. The van der Waals surface area contributed by atoms with Crippen molar-refractivity contribution in [2.75, 3.05) is 57.3 Å². The monoisotopic (exact) mass is 1990 g/mol. The number of aliphatic hydroxyl groups is 1. The molecular formula is C79H144N34O22S2. The molecular weight excluding hydrogens is 1840 g/mol. The van der Waals surface area contributed by atoms with Gasteiger partial charge in [-0.1, -0.05) is 34.1 Å². The molecule has 56 nitrogen and oxygen atoms in total. The van der Waals surface area contributed by atoms with Gasteiger partial charge >= 0.3 is 11.9 Å². The van der Waals surface area contributed by atoms with Crippen LogP contribution in [0, 0.1) is 38.9 Å². The van der Waals surface area contributed by atoms with Crippen LogP contribution < -0.4 is 158 Å². The number of carbonyl (C=O) groups is 19. The minimum Gasteiger partial charge on any atom is -0.481 e. The molecule has 137 heavy (non-hydrogen) atoms. The Hall–Kier alpha value is -13.1. The summed E-state index contributed by atoms with van der Waals surface area (Å²) >= 11 is 8.47. The quantitative estimate of drug-likeness (QED) is 0.0116. The van der Waals surface area contributed by atoms with Crippen molar-refractivity contribution in [1.82, 2.24) is 112 Å². The van der Waals surface area contributed by atoms with Crippen LogP contribution in [0.2, 0.25) is 0 Å². The van der Waals surface area contributed by atoms with Crippen LogP contribution in [0.5, 0.6) is 0 Å². The van der Waals surface area contributed by atoms with E-state index in [1.807, 2.05) is 0 Å². The summed E-state index contributed by atoms with van der Waals surface area (Å²) in [5.41, 5.74) is 44.5. The van der Waals surface area contributed by atoms with Crippen LogP contribution in [0.4, 0.5) is 0 Å². The molecule has 18 atom stereocenters. The molecule has 0 aromatic heterocycles. The Balaban J connectivity index is 3.92. The zero-order valence-electron chi connectivity index (χ0n) is 77.8. The van der Waals surface area contributed by atoms with E-state index in [0.29, 0.717) is 13.0 Å². The van der Waals surface area contributed by atoms with Crippen molar-refractivity contribution < 1.29 is 106 Å². The molecule has 0 unspecified atom stereocenters. The van der Waals surface area contributed by atoms with Crippen molar-refractivity contribution in [2.24, 2.45) is 57.7 Å². The largest absolute Gasteiger partial charge is 0.481 e. The van der Waals surface area contributed by atoms with Crippen LogP contribution >= 0.6 is 25.3 Å². The molecule has 1 aliphatic rings. The zero-order valence-corrected chi connectivity index (χ0v) is 79.6. The highest BCUT2D eigenvalue weighted by molar-refractivity contribution is 7.80. The van der Waals surface area contributed by atoms with Gasteiger partial charge in [-0.2, -0.15) is 25.3 Å². The van der Waals surface area contributed by atoms with E-state index >= 15 is 0 Å². The lowest BCUT2D eigenvalue weighted by Crippen LogP contribution is -2.62. The van der Waals surface area contributed by atoms with Gasteiger partial charge in [-0.15, -0.1) is 0 Å². The molecule has 0 spiro atoms. The number of carbonyl (C=O) groups excluding carboxylic acids is 17. The van der Waals surface area contributed by atoms with E-state index in [0.717, 1.165) is 13.3 Å². The maximum atomic E-state index is 15.0. The summed E-state index contributed by atoms with van der Waals surface area (Å²) in [7, 11) is 0. The molecule has 0 aliphatic carbocycles.